The second-order valence-electron chi connectivity index (χ2n) is 3.07. The minimum atomic E-state index is -0.477. The number of hydrogen-bond acceptors (Lipinski definition) is 3. The first-order valence-corrected chi connectivity index (χ1v) is 4.27. The highest BCUT2D eigenvalue weighted by Gasteiger charge is 2.25. The maximum absolute atomic E-state index is 9.70. The SMILES string of the molecule is COC1CC(O)c2ccccc2O1.Cl. The molecule has 4 heteroatoms. The molecule has 2 rings (SSSR count). The van der Waals surface area contributed by atoms with Crippen LogP contribution in [0.25, 0.3) is 0 Å². The molecule has 0 spiro atoms. The fourth-order valence-corrected chi connectivity index (χ4v) is 1.51. The van der Waals surface area contributed by atoms with Gasteiger partial charge in [-0.05, 0) is 6.07 Å². The fraction of sp³-hybridized carbons (Fsp3) is 0.400. The normalized spacial score (nSPS) is 24.4. The summed E-state index contributed by atoms with van der Waals surface area (Å²) in [7, 11) is 1.57. The molecule has 3 nitrogen and oxygen atoms in total. The molecule has 0 aliphatic carbocycles. The molecule has 1 heterocycles. The van der Waals surface area contributed by atoms with Gasteiger partial charge in [0.15, 0.2) is 0 Å². The zero-order valence-corrected chi connectivity index (χ0v) is 8.66. The van der Waals surface area contributed by atoms with Gasteiger partial charge in [0.1, 0.15) is 5.75 Å². The van der Waals surface area contributed by atoms with Crippen LogP contribution in [0.1, 0.15) is 18.1 Å². The van der Waals surface area contributed by atoms with E-state index in [-0.39, 0.29) is 18.7 Å². The highest BCUT2D eigenvalue weighted by Crippen LogP contribution is 2.34. The summed E-state index contributed by atoms with van der Waals surface area (Å²) in [6.45, 7) is 0. The number of halogens is 1. The van der Waals surface area contributed by atoms with Crippen LogP contribution < -0.4 is 4.74 Å². The summed E-state index contributed by atoms with van der Waals surface area (Å²) in [4.78, 5) is 0. The second-order valence-corrected chi connectivity index (χ2v) is 3.07. The number of aliphatic hydroxyl groups is 1. The van der Waals surface area contributed by atoms with Crippen LogP contribution in [-0.2, 0) is 4.74 Å². The summed E-state index contributed by atoms with van der Waals surface area (Å²) < 4.78 is 10.5. The van der Waals surface area contributed by atoms with E-state index in [1.54, 1.807) is 7.11 Å². The Balaban J connectivity index is 0.000000980. The lowest BCUT2D eigenvalue weighted by atomic mass is 10.0. The van der Waals surface area contributed by atoms with Gasteiger partial charge in [0.2, 0.25) is 6.29 Å². The fourth-order valence-electron chi connectivity index (χ4n) is 1.51. The van der Waals surface area contributed by atoms with E-state index in [1.165, 1.54) is 0 Å². The molecule has 0 aromatic heterocycles. The number of rotatable bonds is 1. The van der Waals surface area contributed by atoms with E-state index in [2.05, 4.69) is 0 Å². The van der Waals surface area contributed by atoms with Gasteiger partial charge in [-0.25, -0.2) is 0 Å². The summed E-state index contributed by atoms with van der Waals surface area (Å²) in [5, 5.41) is 9.70. The van der Waals surface area contributed by atoms with E-state index in [1.807, 2.05) is 24.3 Å². The molecule has 1 aliphatic rings. The average molecular weight is 217 g/mol. The Hall–Kier alpha value is -0.770. The summed E-state index contributed by atoms with van der Waals surface area (Å²) in [6.07, 6.45) is -0.312. The largest absolute Gasteiger partial charge is 0.464 e. The molecule has 2 atom stereocenters. The van der Waals surface area contributed by atoms with E-state index in [4.69, 9.17) is 9.47 Å². The molecular formula is C10H13ClO3. The Morgan fingerprint density at radius 3 is 2.86 bits per heavy atom. The van der Waals surface area contributed by atoms with Crippen molar-refractivity contribution in [3.63, 3.8) is 0 Å². The summed E-state index contributed by atoms with van der Waals surface area (Å²) in [6, 6.07) is 7.47. The number of methoxy groups -OCH3 is 1. The lowest BCUT2D eigenvalue weighted by Gasteiger charge is -2.28. The van der Waals surface area contributed by atoms with Crippen LogP contribution in [0.4, 0.5) is 0 Å². The standard InChI is InChI=1S/C10H12O3.ClH/c1-12-10-6-8(11)7-4-2-3-5-9(7)13-10;/h2-5,8,10-11H,6H2,1H3;1H. The first-order valence-electron chi connectivity index (χ1n) is 4.27. The zero-order valence-electron chi connectivity index (χ0n) is 7.84. The number of ether oxygens (including phenoxy) is 2. The number of para-hydroxylation sites is 1. The van der Waals surface area contributed by atoms with Crippen LogP contribution in [0.15, 0.2) is 24.3 Å². The van der Waals surface area contributed by atoms with Gasteiger partial charge in [0, 0.05) is 19.1 Å². The number of benzene rings is 1. The van der Waals surface area contributed by atoms with Crippen molar-refractivity contribution >= 4 is 12.4 Å². The molecule has 2 unspecified atom stereocenters. The van der Waals surface area contributed by atoms with Crippen molar-refractivity contribution in [3.8, 4) is 5.75 Å². The van der Waals surface area contributed by atoms with Crippen LogP contribution in [-0.4, -0.2) is 18.5 Å². The van der Waals surface area contributed by atoms with Crippen molar-refractivity contribution in [2.24, 2.45) is 0 Å². The average Bonchev–Trinajstić information content (AvgIpc) is 2.18. The minimum Gasteiger partial charge on any atom is -0.464 e. The van der Waals surface area contributed by atoms with E-state index < -0.39 is 6.10 Å². The predicted octanol–water partition coefficient (Wildman–Crippen LogP) is 1.90. The Kier molecular flexibility index (Phi) is 3.75. The summed E-state index contributed by atoms with van der Waals surface area (Å²) in [5.74, 6) is 0.716. The summed E-state index contributed by atoms with van der Waals surface area (Å²) in [5.41, 5.74) is 0.843. The molecule has 1 aromatic rings. The molecule has 0 radical (unpaired) electrons. The van der Waals surface area contributed by atoms with Crippen LogP contribution in [0.3, 0.4) is 0 Å². The van der Waals surface area contributed by atoms with Gasteiger partial charge in [-0.1, -0.05) is 18.2 Å². The van der Waals surface area contributed by atoms with Crippen molar-refractivity contribution in [2.45, 2.75) is 18.8 Å². The van der Waals surface area contributed by atoms with Crippen LogP contribution in [0.2, 0.25) is 0 Å². The van der Waals surface area contributed by atoms with E-state index >= 15 is 0 Å². The molecular weight excluding hydrogens is 204 g/mol. The third-order valence-electron chi connectivity index (χ3n) is 2.22. The van der Waals surface area contributed by atoms with Crippen LogP contribution >= 0.6 is 12.4 Å². The van der Waals surface area contributed by atoms with Crippen molar-refractivity contribution in [1.29, 1.82) is 0 Å². The molecule has 0 bridgehead atoms. The number of aliphatic hydroxyl groups excluding tert-OH is 1. The highest BCUT2D eigenvalue weighted by molar-refractivity contribution is 5.85. The Morgan fingerprint density at radius 2 is 2.14 bits per heavy atom. The van der Waals surface area contributed by atoms with Gasteiger partial charge < -0.3 is 14.6 Å². The summed E-state index contributed by atoms with van der Waals surface area (Å²) >= 11 is 0. The van der Waals surface area contributed by atoms with Gasteiger partial charge in [0.05, 0.1) is 6.10 Å². The van der Waals surface area contributed by atoms with Gasteiger partial charge in [0.25, 0.3) is 0 Å². The monoisotopic (exact) mass is 216 g/mol. The van der Waals surface area contributed by atoms with E-state index in [9.17, 15) is 5.11 Å². The Morgan fingerprint density at radius 1 is 1.43 bits per heavy atom. The number of fused-ring (bicyclic) bond motifs is 1. The predicted molar refractivity (Wildman–Crippen MR) is 54.7 cm³/mol. The molecule has 1 aromatic carbocycles. The van der Waals surface area contributed by atoms with E-state index in [0.29, 0.717) is 12.2 Å². The smallest absolute Gasteiger partial charge is 0.202 e. The quantitative estimate of drug-likeness (QED) is 0.779. The van der Waals surface area contributed by atoms with Crippen molar-refractivity contribution in [2.75, 3.05) is 7.11 Å². The first kappa shape index (κ1) is 11.3. The van der Waals surface area contributed by atoms with Gasteiger partial charge in [-0.15, -0.1) is 12.4 Å². The first-order chi connectivity index (χ1) is 6.31. The highest BCUT2D eigenvalue weighted by atomic mass is 35.5. The Bertz CT molecular complexity index is 303. The third-order valence-corrected chi connectivity index (χ3v) is 2.22. The van der Waals surface area contributed by atoms with E-state index in [0.717, 1.165) is 5.56 Å². The zero-order chi connectivity index (χ0) is 9.26. The molecule has 0 amide bonds. The second kappa shape index (κ2) is 4.64. The van der Waals surface area contributed by atoms with Crippen LogP contribution in [0.5, 0.6) is 5.75 Å². The molecule has 0 saturated carbocycles. The van der Waals surface area contributed by atoms with Crippen LogP contribution in [0, 0.1) is 0 Å². The van der Waals surface area contributed by atoms with Gasteiger partial charge in [-0.2, -0.15) is 0 Å². The lowest BCUT2D eigenvalue weighted by Crippen LogP contribution is -2.26. The van der Waals surface area contributed by atoms with Crippen molar-refractivity contribution < 1.29 is 14.6 Å². The maximum Gasteiger partial charge on any atom is 0.202 e. The van der Waals surface area contributed by atoms with Crippen molar-refractivity contribution in [1.82, 2.24) is 0 Å². The molecule has 14 heavy (non-hydrogen) atoms. The molecule has 78 valence electrons. The topological polar surface area (TPSA) is 38.7 Å². The molecule has 0 fully saturated rings. The Labute approximate surface area is 89.1 Å². The number of hydrogen-bond donors (Lipinski definition) is 1. The maximum atomic E-state index is 9.70. The molecule has 1 N–H and O–H groups in total. The van der Waals surface area contributed by atoms with Gasteiger partial charge >= 0.3 is 0 Å². The third kappa shape index (κ3) is 2.00. The van der Waals surface area contributed by atoms with Gasteiger partial charge in [-0.3, -0.25) is 0 Å². The lowest BCUT2D eigenvalue weighted by molar-refractivity contribution is -0.0941. The minimum absolute atomic E-state index is 0. The molecule has 1 aliphatic heterocycles. The molecule has 0 saturated heterocycles. The van der Waals surface area contributed by atoms with Crippen molar-refractivity contribution in [3.05, 3.63) is 29.8 Å².